The highest BCUT2D eigenvalue weighted by Gasteiger charge is 2.23. The van der Waals surface area contributed by atoms with Crippen molar-refractivity contribution in [3.63, 3.8) is 0 Å². The van der Waals surface area contributed by atoms with Crippen LogP contribution in [0.5, 0.6) is 0 Å². The summed E-state index contributed by atoms with van der Waals surface area (Å²) in [7, 11) is 0. The van der Waals surface area contributed by atoms with Gasteiger partial charge in [0.05, 0.1) is 16.8 Å². The van der Waals surface area contributed by atoms with E-state index in [2.05, 4.69) is 34.8 Å². The minimum atomic E-state index is 0.128. The molecule has 0 unspecified atom stereocenters. The summed E-state index contributed by atoms with van der Waals surface area (Å²) in [5.74, 6) is 1.16. The normalized spacial score (nSPS) is 21.5. The molecule has 1 N–H and O–H groups in total. The van der Waals surface area contributed by atoms with Gasteiger partial charge in [0.2, 0.25) is 5.91 Å². The Morgan fingerprint density at radius 2 is 2.13 bits per heavy atom. The fraction of sp³-hybridized carbons (Fsp3) is 0.556. The molecule has 1 saturated carbocycles. The Morgan fingerprint density at radius 1 is 1.35 bits per heavy atom. The number of amides is 1. The highest BCUT2D eigenvalue weighted by molar-refractivity contribution is 7.99. The Morgan fingerprint density at radius 3 is 2.91 bits per heavy atom. The molecule has 0 aliphatic heterocycles. The first-order valence-electron chi connectivity index (χ1n) is 8.56. The van der Waals surface area contributed by atoms with Gasteiger partial charge in [0.25, 0.3) is 0 Å². The zero-order valence-electron chi connectivity index (χ0n) is 13.9. The van der Waals surface area contributed by atoms with E-state index in [1.807, 2.05) is 18.2 Å². The highest BCUT2D eigenvalue weighted by Crippen LogP contribution is 2.25. The molecule has 0 saturated heterocycles. The van der Waals surface area contributed by atoms with Crippen LogP contribution in [-0.2, 0) is 11.3 Å². The number of thioether (sulfide) groups is 1. The van der Waals surface area contributed by atoms with Crippen LogP contribution in [0, 0.1) is 5.92 Å². The number of hydrogen-bond donors (Lipinski definition) is 1. The van der Waals surface area contributed by atoms with Gasteiger partial charge in [0, 0.05) is 12.6 Å². The van der Waals surface area contributed by atoms with Gasteiger partial charge in [-0.15, -0.1) is 0 Å². The minimum Gasteiger partial charge on any atom is -0.352 e. The molecule has 23 heavy (non-hydrogen) atoms. The molecule has 1 fully saturated rings. The number of nitrogens with one attached hydrogen (secondary N) is 1. The van der Waals surface area contributed by atoms with Crippen LogP contribution in [0.2, 0.25) is 0 Å². The number of aromatic nitrogens is 2. The topological polar surface area (TPSA) is 46.9 Å². The summed E-state index contributed by atoms with van der Waals surface area (Å²) in [6.07, 6.45) is 4.87. The van der Waals surface area contributed by atoms with Crippen LogP contribution in [0.15, 0.2) is 29.4 Å². The third kappa shape index (κ3) is 3.71. The van der Waals surface area contributed by atoms with Crippen LogP contribution in [0.1, 0.15) is 39.5 Å². The Kier molecular flexibility index (Phi) is 5.26. The lowest BCUT2D eigenvalue weighted by molar-refractivity contribution is -0.119. The van der Waals surface area contributed by atoms with Gasteiger partial charge in [-0.1, -0.05) is 43.7 Å². The van der Waals surface area contributed by atoms with Crippen molar-refractivity contribution in [1.82, 2.24) is 14.9 Å². The molecule has 1 aliphatic rings. The predicted molar refractivity (Wildman–Crippen MR) is 95.7 cm³/mol. The van der Waals surface area contributed by atoms with Crippen molar-refractivity contribution in [1.29, 1.82) is 0 Å². The molecule has 2 aromatic rings. The Balaban J connectivity index is 1.62. The molecule has 2 atom stereocenters. The van der Waals surface area contributed by atoms with E-state index < -0.39 is 0 Å². The molecule has 3 rings (SSSR count). The first-order valence-corrected chi connectivity index (χ1v) is 9.55. The Bertz CT molecular complexity index is 682. The standard InChI is InChI=1S/C18H25N3OS/c1-3-21-16-11-7-6-10-15(16)20-18(21)23-12-17(22)19-14-9-5-4-8-13(14)2/h6-7,10-11,13-14H,3-5,8-9,12H2,1-2H3,(H,19,22)/t13-,14+/m0/s1. The first kappa shape index (κ1) is 16.4. The molecular formula is C18H25N3OS. The van der Waals surface area contributed by atoms with Gasteiger partial charge < -0.3 is 9.88 Å². The number of benzene rings is 1. The summed E-state index contributed by atoms with van der Waals surface area (Å²) in [5, 5.41) is 4.14. The van der Waals surface area contributed by atoms with Gasteiger partial charge in [-0.3, -0.25) is 4.79 Å². The molecule has 1 aliphatic carbocycles. The smallest absolute Gasteiger partial charge is 0.230 e. The molecule has 1 aromatic heterocycles. The number of carbonyl (C=O) groups excluding carboxylic acids is 1. The summed E-state index contributed by atoms with van der Waals surface area (Å²) >= 11 is 1.54. The number of para-hydroxylation sites is 2. The summed E-state index contributed by atoms with van der Waals surface area (Å²) in [6, 6.07) is 8.49. The highest BCUT2D eigenvalue weighted by atomic mass is 32.2. The van der Waals surface area contributed by atoms with E-state index in [4.69, 9.17) is 0 Å². The van der Waals surface area contributed by atoms with Gasteiger partial charge in [0.15, 0.2) is 5.16 Å². The molecule has 5 heteroatoms. The lowest BCUT2D eigenvalue weighted by Gasteiger charge is -2.29. The van der Waals surface area contributed by atoms with Crippen LogP contribution in [0.3, 0.4) is 0 Å². The van der Waals surface area contributed by atoms with E-state index in [1.165, 1.54) is 31.0 Å². The quantitative estimate of drug-likeness (QED) is 0.847. The van der Waals surface area contributed by atoms with Gasteiger partial charge in [0.1, 0.15) is 0 Å². The third-order valence-electron chi connectivity index (χ3n) is 4.73. The second kappa shape index (κ2) is 7.39. The zero-order valence-corrected chi connectivity index (χ0v) is 14.7. The number of aryl methyl sites for hydroxylation is 1. The number of nitrogens with zero attached hydrogens (tertiary/aromatic N) is 2. The molecule has 124 valence electrons. The van der Waals surface area contributed by atoms with Crippen LogP contribution >= 0.6 is 11.8 Å². The number of imidazole rings is 1. The fourth-order valence-electron chi connectivity index (χ4n) is 3.38. The fourth-order valence-corrected chi connectivity index (χ4v) is 4.27. The molecule has 1 amide bonds. The van der Waals surface area contributed by atoms with Crippen molar-refractivity contribution < 1.29 is 4.79 Å². The summed E-state index contributed by atoms with van der Waals surface area (Å²) in [5.41, 5.74) is 2.14. The van der Waals surface area contributed by atoms with Crippen LogP contribution in [-0.4, -0.2) is 27.3 Å². The molecule has 0 bridgehead atoms. The molecule has 1 aromatic carbocycles. The van der Waals surface area contributed by atoms with Crippen molar-refractivity contribution in [2.45, 2.75) is 57.3 Å². The largest absolute Gasteiger partial charge is 0.352 e. The van der Waals surface area contributed by atoms with Crippen molar-refractivity contribution in [2.24, 2.45) is 5.92 Å². The van der Waals surface area contributed by atoms with E-state index >= 15 is 0 Å². The zero-order chi connectivity index (χ0) is 16.2. The van der Waals surface area contributed by atoms with Crippen LogP contribution in [0.4, 0.5) is 0 Å². The predicted octanol–water partition coefficient (Wildman–Crippen LogP) is 3.84. The van der Waals surface area contributed by atoms with E-state index in [1.54, 1.807) is 0 Å². The Labute approximate surface area is 142 Å². The minimum absolute atomic E-state index is 0.128. The first-order chi connectivity index (χ1) is 11.2. The van der Waals surface area contributed by atoms with E-state index in [9.17, 15) is 4.79 Å². The maximum Gasteiger partial charge on any atom is 0.230 e. The number of carbonyl (C=O) groups is 1. The van der Waals surface area contributed by atoms with Crippen molar-refractivity contribution in [3.05, 3.63) is 24.3 Å². The summed E-state index contributed by atoms with van der Waals surface area (Å²) in [4.78, 5) is 16.9. The molecule has 4 nitrogen and oxygen atoms in total. The molecular weight excluding hydrogens is 306 g/mol. The lowest BCUT2D eigenvalue weighted by atomic mass is 9.86. The molecule has 0 radical (unpaired) electrons. The van der Waals surface area contributed by atoms with Crippen molar-refractivity contribution in [2.75, 3.05) is 5.75 Å². The molecule has 1 heterocycles. The van der Waals surface area contributed by atoms with Crippen molar-refractivity contribution in [3.8, 4) is 0 Å². The second-order valence-corrected chi connectivity index (χ2v) is 7.29. The maximum absolute atomic E-state index is 12.3. The Hall–Kier alpha value is -1.49. The van der Waals surface area contributed by atoms with Gasteiger partial charge in [-0.25, -0.2) is 4.98 Å². The summed E-state index contributed by atoms with van der Waals surface area (Å²) in [6.45, 7) is 5.22. The second-order valence-electron chi connectivity index (χ2n) is 6.35. The van der Waals surface area contributed by atoms with Crippen LogP contribution in [0.25, 0.3) is 11.0 Å². The van der Waals surface area contributed by atoms with Crippen molar-refractivity contribution >= 4 is 28.7 Å². The van der Waals surface area contributed by atoms with Gasteiger partial charge in [-0.2, -0.15) is 0 Å². The number of rotatable bonds is 5. The summed E-state index contributed by atoms with van der Waals surface area (Å²) < 4.78 is 2.18. The van der Waals surface area contributed by atoms with E-state index in [0.717, 1.165) is 29.2 Å². The molecule has 0 spiro atoms. The van der Waals surface area contributed by atoms with E-state index in [0.29, 0.717) is 17.7 Å². The third-order valence-corrected chi connectivity index (χ3v) is 5.70. The van der Waals surface area contributed by atoms with Gasteiger partial charge in [-0.05, 0) is 37.8 Å². The van der Waals surface area contributed by atoms with E-state index in [-0.39, 0.29) is 5.91 Å². The maximum atomic E-state index is 12.3. The SMILES string of the molecule is CCn1c(SCC(=O)N[C@@H]2CCCC[C@@H]2C)nc2ccccc21. The number of fused-ring (bicyclic) bond motifs is 1. The lowest BCUT2D eigenvalue weighted by Crippen LogP contribution is -2.41. The van der Waals surface area contributed by atoms with Crippen LogP contribution < -0.4 is 5.32 Å². The number of hydrogen-bond acceptors (Lipinski definition) is 3. The monoisotopic (exact) mass is 331 g/mol. The average Bonchev–Trinajstić information content (AvgIpc) is 2.92. The average molecular weight is 331 g/mol. The van der Waals surface area contributed by atoms with Gasteiger partial charge >= 0.3 is 0 Å².